The number of nitrogens with zero attached hydrogens (tertiary/aromatic N) is 5. The molecule has 0 unspecified atom stereocenters. The van der Waals surface area contributed by atoms with Gasteiger partial charge in [-0.15, -0.1) is 0 Å². The first kappa shape index (κ1) is 24.9. The van der Waals surface area contributed by atoms with E-state index < -0.39 is 11.7 Å². The summed E-state index contributed by atoms with van der Waals surface area (Å²) >= 11 is 0. The Morgan fingerprint density at radius 1 is 1.06 bits per heavy atom. The summed E-state index contributed by atoms with van der Waals surface area (Å²) in [5.41, 5.74) is 2.41. The van der Waals surface area contributed by atoms with E-state index in [1.807, 2.05) is 20.8 Å². The summed E-state index contributed by atoms with van der Waals surface area (Å²) in [7, 11) is 0. The summed E-state index contributed by atoms with van der Waals surface area (Å²) in [4.78, 5) is 23.9. The Hall–Kier alpha value is -3.20. The summed E-state index contributed by atoms with van der Waals surface area (Å²) in [6.07, 6.45) is 5.55. The van der Waals surface area contributed by atoms with Crippen molar-refractivity contribution in [2.24, 2.45) is 0 Å². The molecule has 0 bridgehead atoms. The lowest BCUT2D eigenvalue weighted by Gasteiger charge is -2.19. The first-order chi connectivity index (χ1) is 16.8. The number of carbonyl (C=O) groups is 1. The van der Waals surface area contributed by atoms with Crippen LogP contribution < -0.4 is 10.1 Å². The third-order valence-electron chi connectivity index (χ3n) is 5.78. The van der Waals surface area contributed by atoms with Gasteiger partial charge in [-0.3, -0.25) is 10.2 Å². The fraction of sp³-hybridized carbons (Fsp3) is 0.538. The highest BCUT2D eigenvalue weighted by Gasteiger charge is 2.20. The number of ether oxygens (including phenoxy) is 2. The van der Waals surface area contributed by atoms with E-state index in [9.17, 15) is 4.79 Å². The number of anilines is 1. The molecule has 1 aliphatic rings. The van der Waals surface area contributed by atoms with Gasteiger partial charge in [-0.2, -0.15) is 15.1 Å². The number of fused-ring (bicyclic) bond motifs is 1. The van der Waals surface area contributed by atoms with Crippen LogP contribution in [0.4, 0.5) is 10.6 Å². The molecule has 1 saturated heterocycles. The molecule has 0 atom stereocenters. The Morgan fingerprint density at radius 3 is 2.40 bits per heavy atom. The number of rotatable bonds is 9. The molecule has 3 aromatic rings. The summed E-state index contributed by atoms with van der Waals surface area (Å²) in [5.74, 6) is 0.322. The van der Waals surface area contributed by atoms with E-state index in [0.717, 1.165) is 24.9 Å². The first-order valence-electron chi connectivity index (χ1n) is 12.5. The van der Waals surface area contributed by atoms with Crippen LogP contribution in [0.25, 0.3) is 11.0 Å². The lowest BCUT2D eigenvalue weighted by Crippen LogP contribution is -2.27. The molecule has 9 nitrogen and oxygen atoms in total. The predicted molar refractivity (Wildman–Crippen MR) is 136 cm³/mol. The van der Waals surface area contributed by atoms with Crippen molar-refractivity contribution in [3.8, 4) is 6.01 Å². The van der Waals surface area contributed by atoms with Gasteiger partial charge in [0.2, 0.25) is 0 Å². The first-order valence-corrected chi connectivity index (χ1v) is 12.5. The molecule has 0 radical (unpaired) electrons. The molecule has 1 amide bonds. The van der Waals surface area contributed by atoms with Crippen LogP contribution in [0.5, 0.6) is 6.01 Å². The molecule has 1 fully saturated rings. The van der Waals surface area contributed by atoms with Gasteiger partial charge in [0.25, 0.3) is 0 Å². The van der Waals surface area contributed by atoms with Crippen molar-refractivity contribution in [2.75, 3.05) is 25.0 Å². The Morgan fingerprint density at radius 2 is 1.74 bits per heavy atom. The summed E-state index contributed by atoms with van der Waals surface area (Å²) in [5, 5.41) is 7.90. The van der Waals surface area contributed by atoms with E-state index in [-0.39, 0.29) is 6.01 Å². The normalized spacial score (nSPS) is 14.4. The summed E-state index contributed by atoms with van der Waals surface area (Å²) in [6.45, 7) is 11.9. The molecule has 4 rings (SSSR count). The van der Waals surface area contributed by atoms with Crippen LogP contribution in [0.3, 0.4) is 0 Å². The monoisotopic (exact) mass is 480 g/mol. The Balaban J connectivity index is 1.55. The number of hydrogen-bond donors (Lipinski definition) is 1. The maximum Gasteiger partial charge on any atom is 0.413 e. The zero-order chi connectivity index (χ0) is 24.8. The molecule has 0 aliphatic carbocycles. The van der Waals surface area contributed by atoms with Crippen molar-refractivity contribution in [2.45, 2.75) is 72.1 Å². The van der Waals surface area contributed by atoms with Crippen LogP contribution in [0.2, 0.25) is 0 Å². The molecule has 35 heavy (non-hydrogen) atoms. The van der Waals surface area contributed by atoms with Gasteiger partial charge in [0.15, 0.2) is 11.5 Å². The molecule has 188 valence electrons. The van der Waals surface area contributed by atoms with Gasteiger partial charge < -0.3 is 9.47 Å². The average molecular weight is 481 g/mol. The Bertz CT molecular complexity index is 1130. The minimum absolute atomic E-state index is 0.208. The quantitative estimate of drug-likeness (QED) is 0.431. The van der Waals surface area contributed by atoms with Crippen molar-refractivity contribution < 1.29 is 14.3 Å². The van der Waals surface area contributed by atoms with Crippen molar-refractivity contribution in [3.63, 3.8) is 0 Å². The second kappa shape index (κ2) is 11.0. The van der Waals surface area contributed by atoms with E-state index in [1.54, 1.807) is 10.9 Å². The van der Waals surface area contributed by atoms with Crippen LogP contribution in [-0.4, -0.2) is 56.0 Å². The number of hydrogen-bond acceptors (Lipinski definition) is 7. The maximum absolute atomic E-state index is 12.4. The smallest absolute Gasteiger partial charge is 0.413 e. The summed E-state index contributed by atoms with van der Waals surface area (Å²) < 4.78 is 13.0. The highest BCUT2D eigenvalue weighted by Crippen LogP contribution is 2.25. The second-order valence-electron chi connectivity index (χ2n) is 10.0. The SMILES string of the molecule is CCCCOc1nc(NC(=O)OC(C)(C)C)c2cnn(Cc3ccc(CN4CCCC4)cc3)c2n1. The largest absolute Gasteiger partial charge is 0.463 e. The molecule has 0 saturated carbocycles. The van der Waals surface area contributed by atoms with Crippen LogP contribution in [-0.2, 0) is 17.8 Å². The van der Waals surface area contributed by atoms with E-state index in [4.69, 9.17) is 9.47 Å². The molecule has 1 aliphatic heterocycles. The predicted octanol–water partition coefficient (Wildman–Crippen LogP) is 5.00. The molecule has 1 aromatic carbocycles. The van der Waals surface area contributed by atoms with Gasteiger partial charge in [-0.05, 0) is 64.3 Å². The van der Waals surface area contributed by atoms with Crippen LogP contribution in [0.15, 0.2) is 30.5 Å². The van der Waals surface area contributed by atoms with Gasteiger partial charge in [-0.1, -0.05) is 37.6 Å². The van der Waals surface area contributed by atoms with E-state index >= 15 is 0 Å². The van der Waals surface area contributed by atoms with Crippen LogP contribution in [0, 0.1) is 0 Å². The minimum atomic E-state index is -0.623. The van der Waals surface area contributed by atoms with Crippen molar-refractivity contribution in [3.05, 3.63) is 41.6 Å². The van der Waals surface area contributed by atoms with Crippen LogP contribution >= 0.6 is 0 Å². The topological polar surface area (TPSA) is 94.4 Å². The summed E-state index contributed by atoms with van der Waals surface area (Å²) in [6, 6.07) is 8.85. The molecule has 1 N–H and O–H groups in total. The Labute approximate surface area is 206 Å². The van der Waals surface area contributed by atoms with Crippen LogP contribution in [0.1, 0.15) is 64.5 Å². The fourth-order valence-corrected chi connectivity index (χ4v) is 4.04. The lowest BCUT2D eigenvalue weighted by atomic mass is 10.1. The number of aromatic nitrogens is 4. The standard InChI is InChI=1S/C26H36N6O3/c1-5-6-15-34-24-28-22(29-25(33)35-26(2,3)4)21-16-27-32(23(21)30-24)18-20-11-9-19(10-12-20)17-31-13-7-8-14-31/h9-12,16H,5-8,13-15,17-18H2,1-4H3,(H,28,29,30,33). The zero-order valence-electron chi connectivity index (χ0n) is 21.2. The number of carbonyl (C=O) groups excluding carboxylic acids is 1. The van der Waals surface area contributed by atoms with E-state index in [0.29, 0.717) is 30.0 Å². The minimum Gasteiger partial charge on any atom is -0.463 e. The third-order valence-corrected chi connectivity index (χ3v) is 5.78. The molecule has 2 aromatic heterocycles. The number of likely N-dealkylation sites (tertiary alicyclic amines) is 1. The van der Waals surface area contributed by atoms with Gasteiger partial charge in [-0.25, -0.2) is 9.48 Å². The molecule has 0 spiro atoms. The van der Waals surface area contributed by atoms with Crippen molar-refractivity contribution in [1.82, 2.24) is 24.6 Å². The molecular weight excluding hydrogens is 444 g/mol. The zero-order valence-corrected chi connectivity index (χ0v) is 21.2. The second-order valence-corrected chi connectivity index (χ2v) is 10.0. The lowest BCUT2D eigenvalue weighted by molar-refractivity contribution is 0.0635. The van der Waals surface area contributed by atoms with Gasteiger partial charge in [0, 0.05) is 6.54 Å². The number of unbranched alkanes of at least 4 members (excludes halogenated alkanes) is 1. The van der Waals surface area contributed by atoms with Crippen molar-refractivity contribution in [1.29, 1.82) is 0 Å². The molecule has 9 heteroatoms. The van der Waals surface area contributed by atoms with E-state index in [2.05, 4.69) is 56.5 Å². The van der Waals surface area contributed by atoms with Gasteiger partial charge >= 0.3 is 12.1 Å². The van der Waals surface area contributed by atoms with Gasteiger partial charge in [0.05, 0.1) is 24.7 Å². The number of nitrogens with one attached hydrogen (secondary N) is 1. The highest BCUT2D eigenvalue weighted by atomic mass is 16.6. The molecular formula is C26H36N6O3. The Kier molecular flexibility index (Phi) is 7.85. The maximum atomic E-state index is 12.4. The number of amides is 1. The van der Waals surface area contributed by atoms with E-state index in [1.165, 1.54) is 31.5 Å². The fourth-order valence-electron chi connectivity index (χ4n) is 4.04. The van der Waals surface area contributed by atoms with Crippen molar-refractivity contribution >= 4 is 22.9 Å². The average Bonchev–Trinajstić information content (AvgIpc) is 3.44. The number of benzene rings is 1. The third kappa shape index (κ3) is 6.91. The van der Waals surface area contributed by atoms with Gasteiger partial charge in [0.1, 0.15) is 5.60 Å². The highest BCUT2D eigenvalue weighted by molar-refractivity contribution is 5.95. The molecule has 3 heterocycles.